The lowest BCUT2D eigenvalue weighted by molar-refractivity contribution is -0.124. The van der Waals surface area contributed by atoms with Crippen LogP contribution in [0.5, 0.6) is 11.5 Å². The molecule has 6 heteroatoms. The van der Waals surface area contributed by atoms with Gasteiger partial charge in [0, 0.05) is 30.6 Å². The van der Waals surface area contributed by atoms with Crippen LogP contribution in [-0.4, -0.2) is 42.6 Å². The number of benzene rings is 1. The highest BCUT2D eigenvalue weighted by atomic mass is 16.7. The first-order valence-corrected chi connectivity index (χ1v) is 8.04. The molecule has 2 aliphatic heterocycles. The van der Waals surface area contributed by atoms with Crippen molar-refractivity contribution in [1.29, 1.82) is 0 Å². The van der Waals surface area contributed by atoms with Crippen molar-refractivity contribution in [3.05, 3.63) is 23.8 Å². The van der Waals surface area contributed by atoms with Gasteiger partial charge in [0.1, 0.15) is 0 Å². The van der Waals surface area contributed by atoms with E-state index in [1.54, 1.807) is 18.2 Å². The van der Waals surface area contributed by atoms with Crippen LogP contribution in [0.15, 0.2) is 18.2 Å². The van der Waals surface area contributed by atoms with Crippen molar-refractivity contribution in [2.45, 2.75) is 32.7 Å². The van der Waals surface area contributed by atoms with E-state index in [0.29, 0.717) is 30.2 Å². The number of hydrogen-bond acceptors (Lipinski definition) is 4. The fourth-order valence-electron chi connectivity index (χ4n) is 2.81. The maximum absolute atomic E-state index is 12.6. The number of hydrogen-bond donors (Lipinski definition) is 1. The van der Waals surface area contributed by atoms with Crippen molar-refractivity contribution in [1.82, 2.24) is 10.2 Å². The normalized spacial score (nSPS) is 17.4. The number of carbonyl (C=O) groups excluding carboxylic acids is 2. The fraction of sp³-hybridized carbons (Fsp3) is 0.529. The van der Waals surface area contributed by atoms with E-state index in [1.807, 2.05) is 18.7 Å². The smallest absolute Gasteiger partial charge is 0.253 e. The molecular formula is C17H22N2O4. The molecule has 1 aromatic carbocycles. The highest BCUT2D eigenvalue weighted by Crippen LogP contribution is 2.33. The fourth-order valence-corrected chi connectivity index (χ4v) is 2.81. The molecule has 0 saturated carbocycles. The van der Waals surface area contributed by atoms with Gasteiger partial charge in [-0.1, -0.05) is 13.8 Å². The third-order valence-corrected chi connectivity index (χ3v) is 4.27. The number of carbonyl (C=O) groups is 2. The predicted molar refractivity (Wildman–Crippen MR) is 84.5 cm³/mol. The molecule has 0 radical (unpaired) electrons. The van der Waals surface area contributed by atoms with Gasteiger partial charge in [0.15, 0.2) is 11.5 Å². The number of piperidine rings is 1. The molecule has 2 heterocycles. The molecule has 23 heavy (non-hydrogen) atoms. The van der Waals surface area contributed by atoms with Gasteiger partial charge in [-0.15, -0.1) is 0 Å². The van der Waals surface area contributed by atoms with Crippen molar-refractivity contribution in [2.75, 3.05) is 19.9 Å². The summed E-state index contributed by atoms with van der Waals surface area (Å²) in [6, 6.07) is 5.43. The maximum Gasteiger partial charge on any atom is 0.253 e. The molecule has 2 amide bonds. The van der Waals surface area contributed by atoms with Crippen LogP contribution in [-0.2, 0) is 4.79 Å². The molecule has 0 unspecified atom stereocenters. The molecule has 2 aliphatic rings. The van der Waals surface area contributed by atoms with E-state index >= 15 is 0 Å². The van der Waals surface area contributed by atoms with Crippen LogP contribution in [0.2, 0.25) is 0 Å². The predicted octanol–water partition coefficient (Wildman–Crippen LogP) is 1.79. The van der Waals surface area contributed by atoms with E-state index in [0.717, 1.165) is 12.8 Å². The van der Waals surface area contributed by atoms with Gasteiger partial charge in [0.25, 0.3) is 5.91 Å². The summed E-state index contributed by atoms with van der Waals surface area (Å²) >= 11 is 0. The summed E-state index contributed by atoms with van der Waals surface area (Å²) in [6.07, 6.45) is 1.57. The first-order chi connectivity index (χ1) is 11.0. The Morgan fingerprint density at radius 3 is 2.57 bits per heavy atom. The van der Waals surface area contributed by atoms with Crippen LogP contribution in [0, 0.1) is 5.92 Å². The van der Waals surface area contributed by atoms with E-state index in [4.69, 9.17) is 9.47 Å². The second-order valence-corrected chi connectivity index (χ2v) is 6.30. The average Bonchev–Trinajstić information content (AvgIpc) is 3.02. The van der Waals surface area contributed by atoms with Crippen molar-refractivity contribution < 1.29 is 19.1 Å². The summed E-state index contributed by atoms with van der Waals surface area (Å²) in [4.78, 5) is 26.1. The summed E-state index contributed by atoms with van der Waals surface area (Å²) in [6.45, 7) is 5.27. The van der Waals surface area contributed by atoms with Crippen LogP contribution in [0.4, 0.5) is 0 Å². The van der Waals surface area contributed by atoms with Gasteiger partial charge in [-0.2, -0.15) is 0 Å². The van der Waals surface area contributed by atoms with E-state index in [-0.39, 0.29) is 30.6 Å². The number of nitrogens with zero attached hydrogens (tertiary/aromatic N) is 1. The molecule has 0 bridgehead atoms. The van der Waals surface area contributed by atoms with Crippen molar-refractivity contribution in [2.24, 2.45) is 5.92 Å². The first-order valence-electron chi connectivity index (χ1n) is 8.04. The summed E-state index contributed by atoms with van der Waals surface area (Å²) in [5.74, 6) is 1.36. The summed E-state index contributed by atoms with van der Waals surface area (Å²) in [7, 11) is 0. The van der Waals surface area contributed by atoms with E-state index in [2.05, 4.69) is 5.32 Å². The van der Waals surface area contributed by atoms with Gasteiger partial charge < -0.3 is 19.7 Å². The SMILES string of the molecule is CC(C)C(=O)NC1CCN(C(=O)c2ccc3c(c2)OCO3)CC1. The lowest BCUT2D eigenvalue weighted by Crippen LogP contribution is -2.47. The number of likely N-dealkylation sites (tertiary alicyclic amines) is 1. The largest absolute Gasteiger partial charge is 0.454 e. The standard InChI is InChI=1S/C17H22N2O4/c1-11(2)16(20)18-13-5-7-19(8-6-13)17(21)12-3-4-14-15(9-12)23-10-22-14/h3-4,9,11,13H,5-8,10H2,1-2H3,(H,18,20). The molecule has 1 aromatic rings. The Kier molecular flexibility index (Phi) is 4.41. The zero-order valence-corrected chi connectivity index (χ0v) is 13.5. The minimum atomic E-state index is -0.0108. The Morgan fingerprint density at radius 1 is 1.17 bits per heavy atom. The highest BCUT2D eigenvalue weighted by molar-refractivity contribution is 5.95. The van der Waals surface area contributed by atoms with Crippen LogP contribution in [0.3, 0.4) is 0 Å². The highest BCUT2D eigenvalue weighted by Gasteiger charge is 2.26. The van der Waals surface area contributed by atoms with Gasteiger partial charge in [-0.3, -0.25) is 9.59 Å². The first kappa shape index (κ1) is 15.6. The quantitative estimate of drug-likeness (QED) is 0.922. The molecule has 0 atom stereocenters. The lowest BCUT2D eigenvalue weighted by Gasteiger charge is -2.32. The molecule has 1 N–H and O–H groups in total. The summed E-state index contributed by atoms with van der Waals surface area (Å²) in [5, 5.41) is 3.04. The minimum absolute atomic E-state index is 0.00284. The second-order valence-electron chi connectivity index (χ2n) is 6.30. The van der Waals surface area contributed by atoms with E-state index in [1.165, 1.54) is 0 Å². The van der Waals surface area contributed by atoms with Crippen molar-refractivity contribution in [3.63, 3.8) is 0 Å². The Hall–Kier alpha value is -2.24. The Labute approximate surface area is 135 Å². The maximum atomic E-state index is 12.6. The molecule has 1 saturated heterocycles. The topological polar surface area (TPSA) is 67.9 Å². The lowest BCUT2D eigenvalue weighted by atomic mass is 10.0. The van der Waals surface area contributed by atoms with Crippen LogP contribution in [0.25, 0.3) is 0 Å². The van der Waals surface area contributed by atoms with Gasteiger partial charge in [-0.05, 0) is 31.0 Å². The molecule has 0 spiro atoms. The van der Waals surface area contributed by atoms with Crippen LogP contribution >= 0.6 is 0 Å². The zero-order chi connectivity index (χ0) is 16.4. The molecular weight excluding hydrogens is 296 g/mol. The second kappa shape index (κ2) is 6.48. The third kappa shape index (κ3) is 3.41. The van der Waals surface area contributed by atoms with Crippen LogP contribution < -0.4 is 14.8 Å². The number of nitrogens with one attached hydrogen (secondary N) is 1. The average molecular weight is 318 g/mol. The molecule has 0 aromatic heterocycles. The number of rotatable bonds is 3. The molecule has 3 rings (SSSR count). The number of fused-ring (bicyclic) bond motifs is 1. The molecule has 0 aliphatic carbocycles. The molecule has 1 fully saturated rings. The van der Waals surface area contributed by atoms with Crippen molar-refractivity contribution in [3.8, 4) is 11.5 Å². The summed E-state index contributed by atoms with van der Waals surface area (Å²) in [5.41, 5.74) is 0.610. The minimum Gasteiger partial charge on any atom is -0.454 e. The Morgan fingerprint density at radius 2 is 1.87 bits per heavy atom. The van der Waals surface area contributed by atoms with Gasteiger partial charge in [0.2, 0.25) is 12.7 Å². The third-order valence-electron chi connectivity index (χ3n) is 4.27. The van der Waals surface area contributed by atoms with Gasteiger partial charge in [-0.25, -0.2) is 0 Å². The Balaban J connectivity index is 1.57. The van der Waals surface area contributed by atoms with E-state index in [9.17, 15) is 9.59 Å². The van der Waals surface area contributed by atoms with Gasteiger partial charge in [0.05, 0.1) is 0 Å². The summed E-state index contributed by atoms with van der Waals surface area (Å²) < 4.78 is 10.6. The zero-order valence-electron chi connectivity index (χ0n) is 13.5. The van der Waals surface area contributed by atoms with Crippen molar-refractivity contribution >= 4 is 11.8 Å². The van der Waals surface area contributed by atoms with Gasteiger partial charge >= 0.3 is 0 Å². The van der Waals surface area contributed by atoms with E-state index < -0.39 is 0 Å². The Bertz CT molecular complexity index is 607. The number of amides is 2. The molecule has 6 nitrogen and oxygen atoms in total. The number of ether oxygens (including phenoxy) is 2. The monoisotopic (exact) mass is 318 g/mol. The molecule has 124 valence electrons. The van der Waals surface area contributed by atoms with Crippen LogP contribution in [0.1, 0.15) is 37.0 Å².